The van der Waals surface area contributed by atoms with Gasteiger partial charge >= 0.3 is 0 Å². The van der Waals surface area contributed by atoms with E-state index in [0.29, 0.717) is 12.1 Å². The maximum Gasteiger partial charge on any atom is 0.0294 e. The summed E-state index contributed by atoms with van der Waals surface area (Å²) in [6.45, 7) is 6.86. The number of nitrogens with one attached hydrogen (secondary N) is 1. The van der Waals surface area contributed by atoms with Crippen LogP contribution in [-0.2, 0) is 12.8 Å². The number of rotatable bonds is 6. The van der Waals surface area contributed by atoms with E-state index in [1.165, 1.54) is 44.1 Å². The highest BCUT2D eigenvalue weighted by Gasteiger charge is 2.14. The van der Waals surface area contributed by atoms with Crippen molar-refractivity contribution in [3.63, 3.8) is 0 Å². The Bertz CT molecular complexity index is 383. The molecule has 2 rings (SSSR count). The van der Waals surface area contributed by atoms with Gasteiger partial charge in [0.15, 0.2) is 0 Å². The molecular formula is C17H27N. The molecule has 0 saturated carbocycles. The first-order valence-electron chi connectivity index (χ1n) is 7.58. The summed E-state index contributed by atoms with van der Waals surface area (Å²) in [4.78, 5) is 0. The van der Waals surface area contributed by atoms with Crippen LogP contribution in [0.4, 0.5) is 0 Å². The van der Waals surface area contributed by atoms with Crippen LogP contribution in [0.1, 0.15) is 69.2 Å². The molecule has 1 nitrogen and oxygen atoms in total. The van der Waals surface area contributed by atoms with Crippen molar-refractivity contribution < 1.29 is 0 Å². The molecule has 1 N–H and O–H groups in total. The van der Waals surface area contributed by atoms with Crippen molar-refractivity contribution in [2.75, 3.05) is 0 Å². The third kappa shape index (κ3) is 3.35. The van der Waals surface area contributed by atoms with Gasteiger partial charge in [-0.2, -0.15) is 0 Å². The molecule has 0 aromatic heterocycles. The Balaban J connectivity index is 1.94. The summed E-state index contributed by atoms with van der Waals surface area (Å²) >= 11 is 0. The third-order valence-electron chi connectivity index (χ3n) is 4.15. The molecule has 100 valence electrons. The van der Waals surface area contributed by atoms with Gasteiger partial charge in [-0.1, -0.05) is 38.0 Å². The number of hydrogen-bond donors (Lipinski definition) is 1. The Morgan fingerprint density at radius 1 is 1.17 bits per heavy atom. The predicted octanol–water partition coefficient (Wildman–Crippen LogP) is 4.40. The Morgan fingerprint density at radius 2 is 1.94 bits per heavy atom. The summed E-state index contributed by atoms with van der Waals surface area (Å²) in [5.74, 6) is 0. The quantitative estimate of drug-likeness (QED) is 0.783. The van der Waals surface area contributed by atoms with E-state index in [9.17, 15) is 0 Å². The van der Waals surface area contributed by atoms with Crippen molar-refractivity contribution >= 4 is 0 Å². The van der Waals surface area contributed by atoms with E-state index in [2.05, 4.69) is 44.3 Å². The van der Waals surface area contributed by atoms with Crippen molar-refractivity contribution in [3.8, 4) is 0 Å². The van der Waals surface area contributed by atoms with Gasteiger partial charge in [0.05, 0.1) is 0 Å². The number of benzene rings is 1. The van der Waals surface area contributed by atoms with Crippen LogP contribution < -0.4 is 5.32 Å². The second kappa shape index (κ2) is 6.38. The summed E-state index contributed by atoms with van der Waals surface area (Å²) in [6, 6.07) is 8.17. The fourth-order valence-corrected chi connectivity index (χ4v) is 2.98. The van der Waals surface area contributed by atoms with Crippen LogP contribution in [0.25, 0.3) is 0 Å². The van der Waals surface area contributed by atoms with E-state index in [0.717, 1.165) is 0 Å². The van der Waals surface area contributed by atoms with Crippen LogP contribution in [0.5, 0.6) is 0 Å². The molecule has 1 aliphatic carbocycles. The van der Waals surface area contributed by atoms with Crippen molar-refractivity contribution in [1.82, 2.24) is 5.32 Å². The Hall–Kier alpha value is -0.820. The zero-order valence-corrected chi connectivity index (χ0v) is 12.1. The van der Waals surface area contributed by atoms with Gasteiger partial charge in [0.2, 0.25) is 0 Å². The van der Waals surface area contributed by atoms with Gasteiger partial charge in [-0.05, 0) is 56.2 Å². The topological polar surface area (TPSA) is 12.0 Å². The number of hydrogen-bond acceptors (Lipinski definition) is 1. The van der Waals surface area contributed by atoms with Crippen molar-refractivity contribution in [2.24, 2.45) is 0 Å². The van der Waals surface area contributed by atoms with Gasteiger partial charge < -0.3 is 5.32 Å². The monoisotopic (exact) mass is 245 g/mol. The van der Waals surface area contributed by atoms with Crippen LogP contribution >= 0.6 is 0 Å². The Morgan fingerprint density at radius 3 is 2.72 bits per heavy atom. The van der Waals surface area contributed by atoms with Gasteiger partial charge in [0, 0.05) is 12.1 Å². The third-order valence-corrected chi connectivity index (χ3v) is 4.15. The minimum atomic E-state index is 0.475. The Labute approximate surface area is 112 Å². The minimum Gasteiger partial charge on any atom is -0.308 e. The largest absolute Gasteiger partial charge is 0.308 e. The maximum atomic E-state index is 3.72. The number of aryl methyl sites for hydroxylation is 2. The number of unbranched alkanes of at least 4 members (excludes halogenated alkanes) is 1. The van der Waals surface area contributed by atoms with Crippen molar-refractivity contribution in [3.05, 3.63) is 34.9 Å². The number of fused-ring (bicyclic) bond motifs is 1. The first-order valence-corrected chi connectivity index (χ1v) is 7.58. The molecule has 1 aromatic rings. The molecule has 0 heterocycles. The first kappa shape index (κ1) is 13.6. The van der Waals surface area contributed by atoms with Crippen LogP contribution in [0.2, 0.25) is 0 Å². The van der Waals surface area contributed by atoms with E-state index >= 15 is 0 Å². The van der Waals surface area contributed by atoms with Gasteiger partial charge in [0.1, 0.15) is 0 Å². The molecule has 2 atom stereocenters. The lowest BCUT2D eigenvalue weighted by molar-refractivity contribution is 0.444. The lowest BCUT2D eigenvalue weighted by Crippen LogP contribution is -2.28. The summed E-state index contributed by atoms with van der Waals surface area (Å²) < 4.78 is 0. The molecule has 0 bridgehead atoms. The molecular weight excluding hydrogens is 218 g/mol. The van der Waals surface area contributed by atoms with E-state index in [1.807, 2.05) is 0 Å². The van der Waals surface area contributed by atoms with E-state index in [1.54, 1.807) is 11.1 Å². The van der Waals surface area contributed by atoms with E-state index < -0.39 is 0 Å². The van der Waals surface area contributed by atoms with Gasteiger partial charge in [-0.25, -0.2) is 0 Å². The minimum absolute atomic E-state index is 0.475. The summed E-state index contributed by atoms with van der Waals surface area (Å²) in [5, 5.41) is 3.72. The Kier molecular flexibility index (Phi) is 4.82. The molecule has 0 fully saturated rings. The summed E-state index contributed by atoms with van der Waals surface area (Å²) in [5.41, 5.74) is 4.62. The smallest absolute Gasteiger partial charge is 0.0294 e. The molecule has 1 aromatic carbocycles. The predicted molar refractivity (Wildman–Crippen MR) is 79.0 cm³/mol. The maximum absolute atomic E-state index is 3.72. The molecule has 0 amide bonds. The zero-order valence-electron chi connectivity index (χ0n) is 12.1. The highest BCUT2D eigenvalue weighted by Crippen LogP contribution is 2.25. The van der Waals surface area contributed by atoms with Crippen molar-refractivity contribution in [2.45, 2.75) is 71.4 Å². The fraction of sp³-hybridized carbons (Fsp3) is 0.647. The average Bonchev–Trinajstić information content (AvgIpc) is 2.83. The summed E-state index contributed by atoms with van der Waals surface area (Å²) in [6.07, 6.45) is 7.80. The van der Waals surface area contributed by atoms with Gasteiger partial charge in [-0.3, -0.25) is 0 Å². The molecule has 0 saturated heterocycles. The van der Waals surface area contributed by atoms with Gasteiger partial charge in [-0.15, -0.1) is 0 Å². The zero-order chi connectivity index (χ0) is 13.0. The molecule has 1 heteroatoms. The van der Waals surface area contributed by atoms with Crippen LogP contribution in [0, 0.1) is 0 Å². The van der Waals surface area contributed by atoms with Gasteiger partial charge in [0.25, 0.3) is 0 Å². The molecule has 2 unspecified atom stereocenters. The first-order chi connectivity index (χ1) is 8.70. The summed E-state index contributed by atoms with van der Waals surface area (Å²) in [7, 11) is 0. The average molecular weight is 245 g/mol. The highest BCUT2D eigenvalue weighted by atomic mass is 14.9. The van der Waals surface area contributed by atoms with E-state index in [4.69, 9.17) is 0 Å². The van der Waals surface area contributed by atoms with Crippen molar-refractivity contribution in [1.29, 1.82) is 0 Å². The van der Waals surface area contributed by atoms with Crippen LogP contribution in [-0.4, -0.2) is 6.04 Å². The fourth-order valence-electron chi connectivity index (χ4n) is 2.98. The standard InChI is InChI=1S/C17H27N/c1-4-5-7-13(2)18-14(3)16-11-10-15-8-6-9-17(15)12-16/h10-14,18H,4-9H2,1-3H3. The molecule has 0 radical (unpaired) electrons. The lowest BCUT2D eigenvalue weighted by Gasteiger charge is -2.21. The molecule has 0 spiro atoms. The van der Waals surface area contributed by atoms with E-state index in [-0.39, 0.29) is 0 Å². The molecule has 1 aliphatic rings. The highest BCUT2D eigenvalue weighted by molar-refractivity contribution is 5.36. The SMILES string of the molecule is CCCCC(C)NC(C)c1ccc2c(c1)CCC2. The van der Waals surface area contributed by atoms with Crippen LogP contribution in [0.15, 0.2) is 18.2 Å². The van der Waals surface area contributed by atoms with Crippen LogP contribution in [0.3, 0.4) is 0 Å². The lowest BCUT2D eigenvalue weighted by atomic mass is 10.0. The normalized spacial score (nSPS) is 17.5. The molecule has 0 aliphatic heterocycles. The molecule has 18 heavy (non-hydrogen) atoms. The second-order valence-electron chi connectivity index (χ2n) is 5.81. The second-order valence-corrected chi connectivity index (χ2v) is 5.81.